The summed E-state index contributed by atoms with van der Waals surface area (Å²) in [5.74, 6) is 1.72. The third kappa shape index (κ3) is 4.02. The molecule has 0 fully saturated rings. The van der Waals surface area contributed by atoms with Crippen molar-refractivity contribution in [2.45, 2.75) is 6.61 Å². The number of benzene rings is 2. The molecule has 9 nitrogen and oxygen atoms in total. The lowest BCUT2D eigenvalue weighted by Gasteiger charge is -2.10. The van der Waals surface area contributed by atoms with Gasteiger partial charge in [-0.2, -0.15) is 5.10 Å². The van der Waals surface area contributed by atoms with E-state index in [4.69, 9.17) is 14.2 Å². The average molecular weight is 421 g/mol. The van der Waals surface area contributed by atoms with Crippen LogP contribution in [0.25, 0.3) is 22.3 Å². The van der Waals surface area contributed by atoms with Crippen molar-refractivity contribution < 1.29 is 19.0 Å². The van der Waals surface area contributed by atoms with Crippen molar-refractivity contribution in [2.75, 3.05) is 19.5 Å². The summed E-state index contributed by atoms with van der Waals surface area (Å²) in [5.41, 5.74) is 4.03. The number of carbonyl (C=O) groups excluding carboxylic acids is 1. The van der Waals surface area contributed by atoms with Crippen LogP contribution in [0.2, 0.25) is 0 Å². The third-order valence-electron chi connectivity index (χ3n) is 4.95. The van der Waals surface area contributed by atoms with Crippen molar-refractivity contribution in [3.8, 4) is 22.8 Å². The Labute approximate surface area is 179 Å². The molecule has 0 bridgehead atoms. The molecule has 0 radical (unpaired) electrons. The molecule has 2 heterocycles. The lowest BCUT2D eigenvalue weighted by atomic mass is 10.1. The third-order valence-corrected chi connectivity index (χ3v) is 4.95. The number of hydrogen-bond donors (Lipinski definition) is 1. The zero-order chi connectivity index (χ0) is 22.0. The van der Waals surface area contributed by atoms with E-state index in [-0.39, 0.29) is 6.61 Å². The standard InChI is InChI=1S/C22H23N5O4/c1-26-13-23-15-10-14(8-9-17(15)26)12-31-22(28)24-20-11-16(25-27(20)2)21-18(29-3)6-5-7-19(21)30-4/h5-11,13H,12H2,1-4H3,(H,24,28). The van der Waals surface area contributed by atoms with Crippen LogP contribution in [0.1, 0.15) is 5.56 Å². The molecule has 2 aromatic carbocycles. The number of nitrogens with one attached hydrogen (secondary N) is 1. The SMILES string of the molecule is COc1cccc(OC)c1-c1cc(NC(=O)OCc2ccc3c(c2)ncn3C)n(C)n1. The second kappa shape index (κ2) is 8.39. The molecule has 2 aromatic heterocycles. The van der Waals surface area contributed by atoms with Crippen LogP contribution in [0.3, 0.4) is 0 Å². The minimum atomic E-state index is -0.581. The summed E-state index contributed by atoms with van der Waals surface area (Å²) in [6.07, 6.45) is 1.17. The molecule has 0 aliphatic heterocycles. The molecule has 0 saturated heterocycles. The molecule has 1 N–H and O–H groups in total. The number of hydrogen-bond acceptors (Lipinski definition) is 6. The van der Waals surface area contributed by atoms with E-state index in [2.05, 4.69) is 15.4 Å². The van der Waals surface area contributed by atoms with Crippen LogP contribution in [0.4, 0.5) is 10.6 Å². The number of amides is 1. The first-order chi connectivity index (χ1) is 15.0. The molecule has 4 aromatic rings. The van der Waals surface area contributed by atoms with E-state index < -0.39 is 6.09 Å². The van der Waals surface area contributed by atoms with E-state index >= 15 is 0 Å². The fourth-order valence-electron chi connectivity index (χ4n) is 3.37. The minimum absolute atomic E-state index is 0.128. The van der Waals surface area contributed by atoms with E-state index in [9.17, 15) is 4.79 Å². The van der Waals surface area contributed by atoms with E-state index in [1.165, 1.54) is 0 Å². The van der Waals surface area contributed by atoms with E-state index in [0.717, 1.165) is 16.6 Å². The van der Waals surface area contributed by atoms with Crippen molar-refractivity contribution >= 4 is 22.9 Å². The fraction of sp³-hybridized carbons (Fsp3) is 0.227. The van der Waals surface area contributed by atoms with Gasteiger partial charge in [0.2, 0.25) is 0 Å². The number of carbonyl (C=O) groups is 1. The smallest absolute Gasteiger partial charge is 0.413 e. The topological polar surface area (TPSA) is 92.4 Å². The van der Waals surface area contributed by atoms with Gasteiger partial charge < -0.3 is 18.8 Å². The van der Waals surface area contributed by atoms with Crippen LogP contribution in [-0.4, -0.2) is 39.6 Å². The highest BCUT2D eigenvalue weighted by Gasteiger charge is 2.18. The molecule has 0 aliphatic rings. The number of anilines is 1. The summed E-state index contributed by atoms with van der Waals surface area (Å²) in [5, 5.41) is 7.21. The molecule has 0 spiro atoms. The number of methoxy groups -OCH3 is 2. The van der Waals surface area contributed by atoms with E-state index in [1.807, 2.05) is 48.0 Å². The Balaban J connectivity index is 1.47. The Kier molecular flexibility index (Phi) is 5.48. The molecular formula is C22H23N5O4. The highest BCUT2D eigenvalue weighted by Crippen LogP contribution is 2.38. The lowest BCUT2D eigenvalue weighted by molar-refractivity contribution is 0.155. The molecule has 31 heavy (non-hydrogen) atoms. The summed E-state index contributed by atoms with van der Waals surface area (Å²) in [6.45, 7) is 0.128. The van der Waals surface area contributed by atoms with Gasteiger partial charge in [-0.15, -0.1) is 0 Å². The summed E-state index contributed by atoms with van der Waals surface area (Å²) < 4.78 is 19.8. The summed E-state index contributed by atoms with van der Waals surface area (Å²) in [4.78, 5) is 16.7. The predicted molar refractivity (Wildman–Crippen MR) is 116 cm³/mol. The van der Waals surface area contributed by atoms with Gasteiger partial charge in [-0.3, -0.25) is 10.00 Å². The molecule has 1 amide bonds. The minimum Gasteiger partial charge on any atom is -0.496 e. The Bertz CT molecular complexity index is 1220. The van der Waals surface area contributed by atoms with Gasteiger partial charge in [0, 0.05) is 20.2 Å². The highest BCUT2D eigenvalue weighted by molar-refractivity contribution is 5.85. The van der Waals surface area contributed by atoms with Gasteiger partial charge in [-0.25, -0.2) is 9.78 Å². The maximum Gasteiger partial charge on any atom is 0.413 e. The Morgan fingerprint density at radius 1 is 1.06 bits per heavy atom. The Hall–Kier alpha value is -4.01. The van der Waals surface area contributed by atoms with Crippen molar-refractivity contribution in [1.29, 1.82) is 0 Å². The number of imidazole rings is 1. The van der Waals surface area contributed by atoms with Crippen LogP contribution in [0.15, 0.2) is 48.8 Å². The summed E-state index contributed by atoms with van der Waals surface area (Å²) in [7, 11) is 6.83. The zero-order valence-electron chi connectivity index (χ0n) is 17.7. The second-order valence-corrected chi connectivity index (χ2v) is 6.96. The molecule has 9 heteroatoms. The lowest BCUT2D eigenvalue weighted by Crippen LogP contribution is -2.15. The average Bonchev–Trinajstić information content (AvgIpc) is 3.33. The Morgan fingerprint density at radius 3 is 2.52 bits per heavy atom. The summed E-state index contributed by atoms with van der Waals surface area (Å²) >= 11 is 0. The number of aryl methyl sites for hydroxylation is 2. The molecule has 160 valence electrons. The van der Waals surface area contributed by atoms with Crippen LogP contribution < -0.4 is 14.8 Å². The number of ether oxygens (including phenoxy) is 3. The molecule has 0 saturated carbocycles. The first kappa shape index (κ1) is 20.3. The van der Waals surface area contributed by atoms with Crippen molar-refractivity contribution in [1.82, 2.24) is 19.3 Å². The van der Waals surface area contributed by atoms with Gasteiger partial charge in [-0.05, 0) is 29.8 Å². The largest absolute Gasteiger partial charge is 0.496 e. The number of aromatic nitrogens is 4. The van der Waals surface area contributed by atoms with Crippen LogP contribution in [0.5, 0.6) is 11.5 Å². The molecule has 4 rings (SSSR count). The predicted octanol–water partition coefficient (Wildman–Crippen LogP) is 3.74. The quantitative estimate of drug-likeness (QED) is 0.510. The van der Waals surface area contributed by atoms with Gasteiger partial charge in [0.1, 0.15) is 29.6 Å². The number of fused-ring (bicyclic) bond motifs is 1. The first-order valence-electron chi connectivity index (χ1n) is 9.59. The monoisotopic (exact) mass is 421 g/mol. The zero-order valence-corrected chi connectivity index (χ0v) is 17.7. The van der Waals surface area contributed by atoms with Gasteiger partial charge in [0.05, 0.1) is 37.1 Å². The highest BCUT2D eigenvalue weighted by atomic mass is 16.5. The molecule has 0 aliphatic carbocycles. The maximum absolute atomic E-state index is 12.4. The summed E-state index contributed by atoms with van der Waals surface area (Å²) in [6, 6.07) is 13.0. The van der Waals surface area contributed by atoms with E-state index in [0.29, 0.717) is 28.6 Å². The van der Waals surface area contributed by atoms with Crippen molar-refractivity contribution in [2.24, 2.45) is 14.1 Å². The van der Waals surface area contributed by atoms with Crippen molar-refractivity contribution in [3.63, 3.8) is 0 Å². The normalized spacial score (nSPS) is 10.8. The second-order valence-electron chi connectivity index (χ2n) is 6.96. The van der Waals surface area contributed by atoms with Gasteiger partial charge in [0.25, 0.3) is 0 Å². The molecular weight excluding hydrogens is 398 g/mol. The maximum atomic E-state index is 12.4. The van der Waals surface area contributed by atoms with Crippen LogP contribution in [-0.2, 0) is 25.4 Å². The molecule has 0 atom stereocenters. The van der Waals surface area contributed by atoms with Gasteiger partial charge >= 0.3 is 6.09 Å². The molecule has 0 unspecified atom stereocenters. The first-order valence-corrected chi connectivity index (χ1v) is 9.59. The van der Waals surface area contributed by atoms with Gasteiger partial charge in [0.15, 0.2) is 0 Å². The number of nitrogens with zero attached hydrogens (tertiary/aromatic N) is 4. The van der Waals surface area contributed by atoms with Crippen LogP contribution >= 0.6 is 0 Å². The number of rotatable bonds is 6. The van der Waals surface area contributed by atoms with Gasteiger partial charge in [-0.1, -0.05) is 12.1 Å². The van der Waals surface area contributed by atoms with Crippen molar-refractivity contribution in [3.05, 3.63) is 54.4 Å². The fourth-order valence-corrected chi connectivity index (χ4v) is 3.37. The Morgan fingerprint density at radius 2 is 1.81 bits per heavy atom. The van der Waals surface area contributed by atoms with Crippen LogP contribution in [0, 0.1) is 0 Å². The van der Waals surface area contributed by atoms with E-state index in [1.54, 1.807) is 38.3 Å².